The second-order valence-corrected chi connectivity index (χ2v) is 5.06. The summed E-state index contributed by atoms with van der Waals surface area (Å²) in [5.41, 5.74) is 7.52. The highest BCUT2D eigenvalue weighted by molar-refractivity contribution is 6.31. The number of anilines is 1. The van der Waals surface area contributed by atoms with Gasteiger partial charge in [0.1, 0.15) is 11.6 Å². The van der Waals surface area contributed by atoms with Gasteiger partial charge in [0.25, 0.3) is 0 Å². The molecule has 0 amide bonds. The number of methoxy groups -OCH3 is 1. The summed E-state index contributed by atoms with van der Waals surface area (Å²) in [5, 5.41) is 7.21. The maximum Gasteiger partial charge on any atom is 0.128 e. The Kier molecular flexibility index (Phi) is 3.03. The molecule has 1 heterocycles. The van der Waals surface area contributed by atoms with Crippen LogP contribution in [-0.2, 0) is 7.05 Å². The van der Waals surface area contributed by atoms with Crippen LogP contribution < -0.4 is 10.5 Å². The summed E-state index contributed by atoms with van der Waals surface area (Å²) in [4.78, 5) is 0. The largest absolute Gasteiger partial charge is 0.496 e. The molecule has 0 atom stereocenters. The lowest BCUT2D eigenvalue weighted by atomic mass is 10.0. The van der Waals surface area contributed by atoms with Crippen molar-refractivity contribution < 1.29 is 4.74 Å². The topological polar surface area (TPSA) is 53.1 Å². The Morgan fingerprint density at radius 1 is 1.15 bits per heavy atom. The van der Waals surface area contributed by atoms with Crippen molar-refractivity contribution in [3.63, 3.8) is 0 Å². The molecule has 0 spiro atoms. The van der Waals surface area contributed by atoms with E-state index < -0.39 is 0 Å². The van der Waals surface area contributed by atoms with Gasteiger partial charge in [-0.25, -0.2) is 0 Å². The predicted octanol–water partition coefficient (Wildman–Crippen LogP) is 3.48. The number of fused-ring (bicyclic) bond motifs is 1. The summed E-state index contributed by atoms with van der Waals surface area (Å²) in [6.07, 6.45) is 0. The third-order valence-electron chi connectivity index (χ3n) is 3.31. The Morgan fingerprint density at radius 3 is 2.60 bits per heavy atom. The van der Waals surface area contributed by atoms with Gasteiger partial charge in [-0.15, -0.1) is 0 Å². The molecule has 0 bridgehead atoms. The maximum atomic E-state index is 6.05. The first-order valence-corrected chi connectivity index (χ1v) is 6.53. The molecule has 3 aromatic rings. The molecule has 5 heteroatoms. The number of rotatable bonds is 2. The minimum Gasteiger partial charge on any atom is -0.496 e. The van der Waals surface area contributed by atoms with Crippen LogP contribution in [0.25, 0.3) is 22.0 Å². The van der Waals surface area contributed by atoms with E-state index in [2.05, 4.69) is 5.10 Å². The van der Waals surface area contributed by atoms with Crippen molar-refractivity contribution in [3.8, 4) is 17.0 Å². The van der Waals surface area contributed by atoms with Crippen LogP contribution in [0, 0.1) is 0 Å². The molecule has 102 valence electrons. The fourth-order valence-corrected chi connectivity index (χ4v) is 2.41. The molecule has 2 N–H and O–H groups in total. The van der Waals surface area contributed by atoms with E-state index in [1.807, 2.05) is 43.4 Å². The van der Waals surface area contributed by atoms with Crippen LogP contribution in [0.15, 0.2) is 36.4 Å². The van der Waals surface area contributed by atoms with E-state index in [-0.39, 0.29) is 0 Å². The van der Waals surface area contributed by atoms with Crippen LogP contribution in [0.3, 0.4) is 0 Å². The van der Waals surface area contributed by atoms with Crippen molar-refractivity contribution in [2.24, 2.45) is 7.05 Å². The highest BCUT2D eigenvalue weighted by Gasteiger charge is 2.12. The Hall–Kier alpha value is -2.20. The Bertz CT molecular complexity index is 776. The van der Waals surface area contributed by atoms with Crippen molar-refractivity contribution in [1.82, 2.24) is 9.78 Å². The molecule has 2 aromatic carbocycles. The molecule has 0 aliphatic carbocycles. The second kappa shape index (κ2) is 4.72. The predicted molar refractivity (Wildman–Crippen MR) is 82.1 cm³/mol. The third kappa shape index (κ3) is 2.08. The molecule has 1 aromatic heterocycles. The molecule has 0 saturated carbocycles. The number of ether oxygens (including phenoxy) is 1. The summed E-state index contributed by atoms with van der Waals surface area (Å²) in [5.74, 6) is 1.37. The van der Waals surface area contributed by atoms with E-state index in [0.29, 0.717) is 10.8 Å². The van der Waals surface area contributed by atoms with Crippen molar-refractivity contribution in [2.45, 2.75) is 0 Å². The zero-order valence-electron chi connectivity index (χ0n) is 11.2. The zero-order valence-corrected chi connectivity index (χ0v) is 12.0. The lowest BCUT2D eigenvalue weighted by Gasteiger charge is -2.09. The number of halogens is 1. The van der Waals surface area contributed by atoms with Gasteiger partial charge >= 0.3 is 0 Å². The smallest absolute Gasteiger partial charge is 0.128 e. The van der Waals surface area contributed by atoms with Gasteiger partial charge in [-0.1, -0.05) is 17.7 Å². The molecular formula is C15H14ClN3O. The lowest BCUT2D eigenvalue weighted by molar-refractivity contribution is 0.417. The van der Waals surface area contributed by atoms with Gasteiger partial charge in [0.05, 0.1) is 12.8 Å². The average molecular weight is 288 g/mol. The zero-order chi connectivity index (χ0) is 14.3. The van der Waals surface area contributed by atoms with Gasteiger partial charge in [0.2, 0.25) is 0 Å². The van der Waals surface area contributed by atoms with Crippen LogP contribution in [0.2, 0.25) is 5.02 Å². The number of hydrogen-bond acceptors (Lipinski definition) is 3. The minimum absolute atomic E-state index is 0.605. The summed E-state index contributed by atoms with van der Waals surface area (Å²) in [7, 11) is 3.45. The van der Waals surface area contributed by atoms with Gasteiger partial charge in [-0.3, -0.25) is 4.68 Å². The number of aryl methyl sites for hydroxylation is 1. The lowest BCUT2D eigenvalue weighted by Crippen LogP contribution is -1.96. The monoisotopic (exact) mass is 287 g/mol. The number of hydrogen-bond donors (Lipinski definition) is 1. The van der Waals surface area contributed by atoms with Crippen molar-refractivity contribution in [2.75, 3.05) is 12.8 Å². The van der Waals surface area contributed by atoms with E-state index in [9.17, 15) is 0 Å². The number of aromatic nitrogens is 2. The van der Waals surface area contributed by atoms with Crippen LogP contribution in [0.1, 0.15) is 0 Å². The van der Waals surface area contributed by atoms with Crippen molar-refractivity contribution in [1.29, 1.82) is 0 Å². The van der Waals surface area contributed by atoms with Gasteiger partial charge in [-0.2, -0.15) is 5.10 Å². The number of benzene rings is 2. The molecule has 0 aliphatic rings. The minimum atomic E-state index is 0.605. The van der Waals surface area contributed by atoms with Gasteiger partial charge in [0, 0.05) is 23.7 Å². The third-order valence-corrected chi connectivity index (χ3v) is 3.55. The van der Waals surface area contributed by atoms with Crippen molar-refractivity contribution >= 4 is 28.2 Å². The molecule has 0 radical (unpaired) electrons. The molecule has 0 unspecified atom stereocenters. The fourth-order valence-electron chi connectivity index (χ4n) is 2.23. The summed E-state index contributed by atoms with van der Waals surface area (Å²) < 4.78 is 7.10. The molecule has 20 heavy (non-hydrogen) atoms. The first-order valence-electron chi connectivity index (χ1n) is 6.15. The standard InChI is InChI=1S/C15H14ClN3O/c1-19-15(17)8-13(18-19)12-6-10-5-11(16)4-3-9(10)7-14(12)20-2/h3-8H,17H2,1-2H3. The molecule has 0 aliphatic heterocycles. The number of nitrogens with zero attached hydrogens (tertiary/aromatic N) is 2. The fraction of sp³-hybridized carbons (Fsp3) is 0.133. The van der Waals surface area contributed by atoms with Crippen LogP contribution in [0.4, 0.5) is 5.82 Å². The van der Waals surface area contributed by atoms with E-state index in [1.54, 1.807) is 11.8 Å². The second-order valence-electron chi connectivity index (χ2n) is 4.62. The first kappa shape index (κ1) is 12.8. The van der Waals surface area contributed by atoms with E-state index in [4.69, 9.17) is 22.1 Å². The van der Waals surface area contributed by atoms with Gasteiger partial charge < -0.3 is 10.5 Å². The van der Waals surface area contributed by atoms with E-state index in [1.165, 1.54) is 0 Å². The molecular weight excluding hydrogens is 274 g/mol. The van der Waals surface area contributed by atoms with Crippen LogP contribution >= 0.6 is 11.6 Å². The normalized spacial score (nSPS) is 10.9. The highest BCUT2D eigenvalue weighted by atomic mass is 35.5. The summed E-state index contributed by atoms with van der Waals surface area (Å²) >= 11 is 6.05. The van der Waals surface area contributed by atoms with Crippen LogP contribution in [0.5, 0.6) is 5.75 Å². The molecule has 4 nitrogen and oxygen atoms in total. The Morgan fingerprint density at radius 2 is 1.95 bits per heavy atom. The molecule has 3 rings (SSSR count). The Labute approximate surface area is 121 Å². The Balaban J connectivity index is 2.27. The van der Waals surface area contributed by atoms with Gasteiger partial charge in [0.15, 0.2) is 0 Å². The SMILES string of the molecule is COc1cc2ccc(Cl)cc2cc1-c1cc(N)n(C)n1. The van der Waals surface area contributed by atoms with Crippen LogP contribution in [-0.4, -0.2) is 16.9 Å². The number of nitrogen functional groups attached to an aromatic ring is 1. The number of nitrogens with two attached hydrogens (primary N) is 1. The van der Waals surface area contributed by atoms with Gasteiger partial charge in [-0.05, 0) is 35.0 Å². The maximum absolute atomic E-state index is 6.05. The van der Waals surface area contributed by atoms with E-state index in [0.717, 1.165) is 27.8 Å². The first-order chi connectivity index (χ1) is 9.58. The summed E-state index contributed by atoms with van der Waals surface area (Å²) in [6, 6.07) is 11.6. The molecule has 0 saturated heterocycles. The summed E-state index contributed by atoms with van der Waals surface area (Å²) in [6.45, 7) is 0. The van der Waals surface area contributed by atoms with Crippen molar-refractivity contribution in [3.05, 3.63) is 41.4 Å². The average Bonchev–Trinajstić information content (AvgIpc) is 2.77. The highest BCUT2D eigenvalue weighted by Crippen LogP contribution is 2.34. The van der Waals surface area contributed by atoms with E-state index >= 15 is 0 Å². The molecule has 0 fully saturated rings. The quantitative estimate of drug-likeness (QED) is 0.785.